The molecule has 2 heterocycles. The predicted octanol–water partition coefficient (Wildman–Crippen LogP) is 3.75. The first-order valence-corrected chi connectivity index (χ1v) is 12.1. The fourth-order valence-electron chi connectivity index (χ4n) is 3.71. The van der Waals surface area contributed by atoms with Gasteiger partial charge in [-0.25, -0.2) is 0 Å². The zero-order valence-electron chi connectivity index (χ0n) is 18.4. The second kappa shape index (κ2) is 13.5. The molecule has 1 aliphatic heterocycles. The van der Waals surface area contributed by atoms with E-state index in [9.17, 15) is 4.79 Å². The molecule has 1 atom stereocenters. The van der Waals surface area contributed by atoms with Crippen molar-refractivity contribution in [2.75, 3.05) is 32.7 Å². The molecule has 170 valence electrons. The van der Waals surface area contributed by atoms with E-state index in [4.69, 9.17) is 4.99 Å². The Balaban J connectivity index is 0.00000320. The highest BCUT2D eigenvalue weighted by Crippen LogP contribution is 2.29. The van der Waals surface area contributed by atoms with E-state index in [0.29, 0.717) is 18.5 Å². The number of amides is 1. The van der Waals surface area contributed by atoms with Crippen LogP contribution in [0.1, 0.15) is 63.3 Å². The highest BCUT2D eigenvalue weighted by molar-refractivity contribution is 14.0. The molecule has 2 fully saturated rings. The lowest BCUT2D eigenvalue weighted by Gasteiger charge is -2.35. The van der Waals surface area contributed by atoms with E-state index in [1.54, 1.807) is 0 Å². The number of nitrogens with zero attached hydrogens (tertiary/aromatic N) is 2. The van der Waals surface area contributed by atoms with Crippen molar-refractivity contribution in [1.82, 2.24) is 20.9 Å². The summed E-state index contributed by atoms with van der Waals surface area (Å²) in [6.45, 7) is 9.09. The molecule has 1 aromatic heterocycles. The smallest absolute Gasteiger partial charge is 0.220 e. The van der Waals surface area contributed by atoms with Gasteiger partial charge in [-0.05, 0) is 69.5 Å². The molecule has 1 saturated carbocycles. The highest BCUT2D eigenvalue weighted by atomic mass is 127. The largest absolute Gasteiger partial charge is 0.357 e. The second-order valence-electron chi connectivity index (χ2n) is 8.34. The SMILES string of the molecule is CCNC(=NCC(c1cccs1)N1CCC(C)CC1)NCCCC(=O)NC1CC1.I. The summed E-state index contributed by atoms with van der Waals surface area (Å²) < 4.78 is 0. The van der Waals surface area contributed by atoms with Gasteiger partial charge in [0.1, 0.15) is 0 Å². The molecule has 0 radical (unpaired) electrons. The maximum atomic E-state index is 11.8. The Morgan fingerprint density at radius 3 is 2.67 bits per heavy atom. The number of rotatable bonds is 10. The van der Waals surface area contributed by atoms with E-state index in [2.05, 4.69) is 52.2 Å². The van der Waals surface area contributed by atoms with Crippen LogP contribution in [0.5, 0.6) is 0 Å². The summed E-state index contributed by atoms with van der Waals surface area (Å²) in [5, 5.41) is 12.0. The Morgan fingerprint density at radius 2 is 2.03 bits per heavy atom. The van der Waals surface area contributed by atoms with Crippen LogP contribution < -0.4 is 16.0 Å². The maximum absolute atomic E-state index is 11.8. The lowest BCUT2D eigenvalue weighted by Crippen LogP contribution is -2.40. The molecule has 8 heteroatoms. The van der Waals surface area contributed by atoms with Crippen molar-refractivity contribution in [3.63, 3.8) is 0 Å². The second-order valence-corrected chi connectivity index (χ2v) is 9.32. The third-order valence-electron chi connectivity index (χ3n) is 5.71. The Bertz CT molecular complexity index is 642. The Morgan fingerprint density at radius 1 is 1.27 bits per heavy atom. The van der Waals surface area contributed by atoms with Crippen LogP contribution in [-0.2, 0) is 4.79 Å². The minimum atomic E-state index is 0. The number of nitrogens with one attached hydrogen (secondary N) is 3. The van der Waals surface area contributed by atoms with Crippen molar-refractivity contribution >= 4 is 47.2 Å². The number of hydrogen-bond acceptors (Lipinski definition) is 4. The summed E-state index contributed by atoms with van der Waals surface area (Å²) in [4.78, 5) is 20.7. The van der Waals surface area contributed by atoms with E-state index in [0.717, 1.165) is 63.9 Å². The number of likely N-dealkylation sites (tertiary alicyclic amines) is 1. The quantitative estimate of drug-likeness (QED) is 0.181. The predicted molar refractivity (Wildman–Crippen MR) is 137 cm³/mol. The van der Waals surface area contributed by atoms with Gasteiger partial charge in [0.2, 0.25) is 5.91 Å². The average molecular weight is 548 g/mol. The lowest BCUT2D eigenvalue weighted by molar-refractivity contribution is -0.121. The van der Waals surface area contributed by atoms with Crippen LogP contribution in [0.15, 0.2) is 22.5 Å². The standard InChI is InChI=1S/C22H37N5OS.HI/c1-3-23-22(24-12-4-7-21(28)26-18-8-9-18)25-16-19(20-6-5-15-29-20)27-13-10-17(2)11-14-27;/h5-6,15,17-19H,3-4,7-14,16H2,1-2H3,(H,26,28)(H2,23,24,25);1H. The van der Waals surface area contributed by atoms with Gasteiger partial charge in [-0.15, -0.1) is 35.3 Å². The molecular formula is C22H38IN5OS. The topological polar surface area (TPSA) is 68.8 Å². The summed E-state index contributed by atoms with van der Waals surface area (Å²) in [5.74, 6) is 1.85. The molecule has 0 spiro atoms. The number of halogens is 1. The molecule has 2 aliphatic rings. The monoisotopic (exact) mass is 547 g/mol. The van der Waals surface area contributed by atoms with Crippen molar-refractivity contribution in [2.45, 2.75) is 64.5 Å². The minimum absolute atomic E-state index is 0. The molecule has 3 N–H and O–H groups in total. The van der Waals surface area contributed by atoms with Gasteiger partial charge < -0.3 is 16.0 Å². The molecule has 1 saturated heterocycles. The van der Waals surface area contributed by atoms with Gasteiger partial charge in [0.25, 0.3) is 0 Å². The molecule has 3 rings (SSSR count). The van der Waals surface area contributed by atoms with Crippen LogP contribution in [0.3, 0.4) is 0 Å². The van der Waals surface area contributed by atoms with Gasteiger partial charge in [0.15, 0.2) is 5.96 Å². The fraction of sp³-hybridized carbons (Fsp3) is 0.727. The van der Waals surface area contributed by atoms with Crippen molar-refractivity contribution in [2.24, 2.45) is 10.9 Å². The Kier molecular flexibility index (Phi) is 11.4. The van der Waals surface area contributed by atoms with E-state index >= 15 is 0 Å². The van der Waals surface area contributed by atoms with Crippen LogP contribution in [0.4, 0.5) is 0 Å². The number of aliphatic imine (C=N–C) groups is 1. The van der Waals surface area contributed by atoms with Gasteiger partial charge >= 0.3 is 0 Å². The summed E-state index contributed by atoms with van der Waals surface area (Å²) in [6, 6.07) is 5.17. The van der Waals surface area contributed by atoms with E-state index in [-0.39, 0.29) is 29.9 Å². The van der Waals surface area contributed by atoms with Gasteiger partial charge in [-0.3, -0.25) is 14.7 Å². The van der Waals surface area contributed by atoms with Crippen LogP contribution in [-0.4, -0.2) is 55.5 Å². The summed E-state index contributed by atoms with van der Waals surface area (Å²) in [5.41, 5.74) is 0. The number of guanidine groups is 1. The third kappa shape index (κ3) is 8.70. The first-order chi connectivity index (χ1) is 14.2. The molecule has 6 nitrogen and oxygen atoms in total. The zero-order valence-corrected chi connectivity index (χ0v) is 21.5. The molecule has 0 aromatic carbocycles. The van der Waals surface area contributed by atoms with E-state index < -0.39 is 0 Å². The first-order valence-electron chi connectivity index (χ1n) is 11.2. The number of carbonyl (C=O) groups excluding carboxylic acids is 1. The van der Waals surface area contributed by atoms with Crippen LogP contribution in [0, 0.1) is 5.92 Å². The summed E-state index contributed by atoms with van der Waals surface area (Å²) >= 11 is 1.83. The minimum Gasteiger partial charge on any atom is -0.357 e. The van der Waals surface area contributed by atoms with E-state index in [1.807, 2.05) is 11.3 Å². The fourth-order valence-corrected chi connectivity index (χ4v) is 4.56. The van der Waals surface area contributed by atoms with E-state index in [1.165, 1.54) is 17.7 Å². The zero-order chi connectivity index (χ0) is 20.5. The molecule has 1 aromatic rings. The summed E-state index contributed by atoms with van der Waals surface area (Å²) in [7, 11) is 0. The van der Waals surface area contributed by atoms with Crippen molar-refractivity contribution < 1.29 is 4.79 Å². The number of carbonyl (C=O) groups is 1. The average Bonchev–Trinajstić information content (AvgIpc) is 3.36. The van der Waals surface area contributed by atoms with Gasteiger partial charge in [-0.2, -0.15) is 0 Å². The number of hydrogen-bond donors (Lipinski definition) is 3. The molecule has 1 aliphatic carbocycles. The lowest BCUT2D eigenvalue weighted by atomic mass is 9.97. The molecular weight excluding hydrogens is 509 g/mol. The number of piperidine rings is 1. The maximum Gasteiger partial charge on any atom is 0.220 e. The first kappa shape index (κ1) is 25.4. The van der Waals surface area contributed by atoms with Crippen molar-refractivity contribution in [1.29, 1.82) is 0 Å². The van der Waals surface area contributed by atoms with Crippen LogP contribution in [0.25, 0.3) is 0 Å². The van der Waals surface area contributed by atoms with Crippen molar-refractivity contribution in [3.8, 4) is 0 Å². The van der Waals surface area contributed by atoms with Crippen molar-refractivity contribution in [3.05, 3.63) is 22.4 Å². The normalized spacial score (nSPS) is 19.1. The molecule has 1 amide bonds. The van der Waals surface area contributed by atoms with Gasteiger partial charge in [0.05, 0.1) is 12.6 Å². The Hall–Kier alpha value is -0.870. The van der Waals surface area contributed by atoms with Crippen LogP contribution >= 0.6 is 35.3 Å². The summed E-state index contributed by atoms with van der Waals surface area (Å²) in [6.07, 6.45) is 6.22. The van der Waals surface area contributed by atoms with Crippen LogP contribution in [0.2, 0.25) is 0 Å². The number of thiophene rings is 1. The van der Waals surface area contributed by atoms with Gasteiger partial charge in [-0.1, -0.05) is 13.0 Å². The molecule has 1 unspecified atom stereocenters. The van der Waals surface area contributed by atoms with Gasteiger partial charge in [0, 0.05) is 30.4 Å². The third-order valence-corrected chi connectivity index (χ3v) is 6.69. The molecule has 30 heavy (non-hydrogen) atoms. The molecule has 0 bridgehead atoms. The Labute approximate surface area is 202 Å². The highest BCUT2D eigenvalue weighted by Gasteiger charge is 2.25.